The fourth-order valence-electron chi connectivity index (χ4n) is 6.00. The van der Waals surface area contributed by atoms with Gasteiger partial charge in [0.05, 0.1) is 37.9 Å². The number of fused-ring (bicyclic) bond motifs is 2. The van der Waals surface area contributed by atoms with Gasteiger partial charge < -0.3 is 44.4 Å². The highest BCUT2D eigenvalue weighted by atomic mass is 16.7. The van der Waals surface area contributed by atoms with Gasteiger partial charge in [0.15, 0.2) is 18.2 Å². The molecule has 0 amide bonds. The Bertz CT molecular complexity index is 1390. The first-order chi connectivity index (χ1) is 21.9. The molecule has 3 fully saturated rings. The Hall–Kier alpha value is -3.52. The second-order valence-electron chi connectivity index (χ2n) is 11.5. The maximum Gasteiger partial charge on any atom is 0.338 e. The summed E-state index contributed by atoms with van der Waals surface area (Å²) in [5, 5.41) is 22.7. The van der Waals surface area contributed by atoms with Crippen molar-refractivity contribution in [2.24, 2.45) is 11.7 Å². The molecular formula is C34H37NO10. The molecule has 9 unspecified atom stereocenters. The molecule has 238 valence electrons. The zero-order chi connectivity index (χ0) is 31.3. The molecule has 3 aliphatic rings. The van der Waals surface area contributed by atoms with E-state index in [1.165, 1.54) is 0 Å². The summed E-state index contributed by atoms with van der Waals surface area (Å²) in [5.41, 5.74) is 8.72. The summed E-state index contributed by atoms with van der Waals surface area (Å²) in [6.07, 6.45) is -9.93. The van der Waals surface area contributed by atoms with Crippen LogP contribution in [0.4, 0.5) is 0 Å². The Labute approximate surface area is 260 Å². The van der Waals surface area contributed by atoms with Crippen molar-refractivity contribution in [1.82, 2.24) is 0 Å². The Morgan fingerprint density at radius 3 is 1.82 bits per heavy atom. The molecular weight excluding hydrogens is 582 g/mol. The molecule has 0 radical (unpaired) electrons. The maximum atomic E-state index is 14.3. The van der Waals surface area contributed by atoms with E-state index in [-0.39, 0.29) is 26.4 Å². The Kier molecular flexibility index (Phi) is 9.98. The smallest absolute Gasteiger partial charge is 0.338 e. The molecule has 3 aromatic rings. The molecule has 3 aliphatic heterocycles. The van der Waals surface area contributed by atoms with Crippen LogP contribution < -0.4 is 5.73 Å². The fourth-order valence-corrected chi connectivity index (χ4v) is 6.00. The van der Waals surface area contributed by atoms with Crippen molar-refractivity contribution in [2.75, 3.05) is 6.61 Å². The van der Waals surface area contributed by atoms with E-state index in [0.29, 0.717) is 0 Å². The molecule has 6 rings (SSSR count). The average Bonchev–Trinajstić information content (AvgIpc) is 3.54. The lowest BCUT2D eigenvalue weighted by Crippen LogP contribution is -2.67. The first-order valence-electron chi connectivity index (χ1n) is 15.0. The van der Waals surface area contributed by atoms with Gasteiger partial charge in [-0.05, 0) is 16.7 Å². The molecule has 2 bridgehead atoms. The summed E-state index contributed by atoms with van der Waals surface area (Å²) < 4.78 is 35.3. The zero-order valence-corrected chi connectivity index (χ0v) is 24.5. The van der Waals surface area contributed by atoms with Crippen LogP contribution in [0.3, 0.4) is 0 Å². The Morgan fingerprint density at radius 2 is 1.24 bits per heavy atom. The minimum atomic E-state index is -1.60. The van der Waals surface area contributed by atoms with E-state index < -0.39 is 72.7 Å². The highest BCUT2D eigenvalue weighted by Gasteiger charge is 2.58. The Balaban J connectivity index is 1.31. The fraction of sp³-hybridized carbons (Fsp3) is 0.412. The number of nitrogens with two attached hydrogens (primary N) is 1. The summed E-state index contributed by atoms with van der Waals surface area (Å²) >= 11 is 0. The molecule has 0 spiro atoms. The number of hydrogen-bond acceptors (Lipinski definition) is 11. The molecule has 10 atom stereocenters. The van der Waals surface area contributed by atoms with Gasteiger partial charge in [0.1, 0.15) is 37.1 Å². The number of Topliss-reactive ketones (excluding diaryl/α,β-unsaturated/α-hetero) is 1. The van der Waals surface area contributed by atoms with Gasteiger partial charge in [0, 0.05) is 0 Å². The van der Waals surface area contributed by atoms with E-state index in [0.717, 1.165) is 16.7 Å². The summed E-state index contributed by atoms with van der Waals surface area (Å²) in [6, 6.07) is 26.6. The van der Waals surface area contributed by atoms with Gasteiger partial charge in [0.25, 0.3) is 0 Å². The van der Waals surface area contributed by atoms with Crippen LogP contribution in [0.2, 0.25) is 0 Å². The largest absolute Gasteiger partial charge is 0.459 e. The van der Waals surface area contributed by atoms with E-state index >= 15 is 0 Å². The van der Waals surface area contributed by atoms with Gasteiger partial charge in [-0.25, -0.2) is 4.79 Å². The van der Waals surface area contributed by atoms with E-state index in [9.17, 15) is 19.8 Å². The number of esters is 1. The van der Waals surface area contributed by atoms with Crippen molar-refractivity contribution in [3.05, 3.63) is 108 Å². The zero-order valence-electron chi connectivity index (χ0n) is 24.5. The minimum Gasteiger partial charge on any atom is -0.459 e. The summed E-state index contributed by atoms with van der Waals surface area (Å²) in [5.74, 6) is -2.65. The quantitative estimate of drug-likeness (QED) is 0.268. The van der Waals surface area contributed by atoms with E-state index in [1.54, 1.807) is 12.1 Å². The van der Waals surface area contributed by atoms with Gasteiger partial charge in [-0.3, -0.25) is 4.79 Å². The van der Waals surface area contributed by atoms with Crippen molar-refractivity contribution >= 4 is 11.8 Å². The van der Waals surface area contributed by atoms with E-state index in [4.69, 9.17) is 34.2 Å². The normalized spacial score (nSPS) is 32.6. The molecule has 3 saturated heterocycles. The first kappa shape index (κ1) is 31.5. The first-order valence-corrected chi connectivity index (χ1v) is 15.0. The second-order valence-corrected chi connectivity index (χ2v) is 11.5. The summed E-state index contributed by atoms with van der Waals surface area (Å²) in [7, 11) is 0. The standard InChI is InChI=1S/C34H37NO10/c35-25-24(26(36)23-19-43-34(25)44-23)27(37)30-32(41-17-21-12-6-2-7-13-21)29(40-16-20-10-4-1-5-11-20)28(38)31(45-30)33(39)42-18-22-14-8-3-9-15-22/h1-15,23-26,28-32,34,36,38H,16-19,35H2/t23?,24?,25?,26?,28?,29?,30?,31-,32?,34?/m1/s1. The topological polar surface area (TPSA) is 156 Å². The number of ketones is 1. The lowest BCUT2D eigenvalue weighted by Gasteiger charge is -2.45. The second kappa shape index (κ2) is 14.3. The van der Waals surface area contributed by atoms with Gasteiger partial charge in [-0.15, -0.1) is 0 Å². The minimum absolute atomic E-state index is 0.0520. The Morgan fingerprint density at radius 1 is 0.711 bits per heavy atom. The number of hydrogen-bond donors (Lipinski definition) is 3. The predicted molar refractivity (Wildman–Crippen MR) is 158 cm³/mol. The van der Waals surface area contributed by atoms with Crippen LogP contribution in [-0.4, -0.2) is 83.6 Å². The van der Waals surface area contributed by atoms with Crippen LogP contribution in [0.5, 0.6) is 0 Å². The number of ether oxygens (including phenoxy) is 6. The molecule has 3 aromatic carbocycles. The van der Waals surface area contributed by atoms with Crippen molar-refractivity contribution < 1.29 is 48.2 Å². The lowest BCUT2D eigenvalue weighted by molar-refractivity contribution is -0.254. The van der Waals surface area contributed by atoms with Crippen molar-refractivity contribution in [1.29, 1.82) is 0 Å². The molecule has 11 heteroatoms. The number of aliphatic hydroxyl groups excluding tert-OH is 2. The van der Waals surface area contributed by atoms with Crippen LogP contribution in [-0.2, 0) is 57.8 Å². The number of benzene rings is 3. The van der Waals surface area contributed by atoms with Crippen LogP contribution in [0.15, 0.2) is 91.0 Å². The molecule has 4 N–H and O–H groups in total. The van der Waals surface area contributed by atoms with Gasteiger partial charge in [-0.1, -0.05) is 91.0 Å². The highest BCUT2D eigenvalue weighted by molar-refractivity contribution is 5.88. The van der Waals surface area contributed by atoms with E-state index in [1.807, 2.05) is 78.9 Å². The molecule has 3 heterocycles. The maximum absolute atomic E-state index is 14.3. The molecule has 45 heavy (non-hydrogen) atoms. The summed E-state index contributed by atoms with van der Waals surface area (Å²) in [4.78, 5) is 27.8. The van der Waals surface area contributed by atoms with Crippen molar-refractivity contribution in [3.8, 4) is 0 Å². The summed E-state index contributed by atoms with van der Waals surface area (Å²) in [6.45, 7) is 0.117. The van der Waals surface area contributed by atoms with Crippen molar-refractivity contribution in [2.45, 2.75) is 74.9 Å². The van der Waals surface area contributed by atoms with Gasteiger partial charge in [-0.2, -0.15) is 0 Å². The van der Waals surface area contributed by atoms with Crippen LogP contribution in [0, 0.1) is 5.92 Å². The third kappa shape index (κ3) is 7.01. The van der Waals surface area contributed by atoms with Crippen molar-refractivity contribution in [3.63, 3.8) is 0 Å². The monoisotopic (exact) mass is 619 g/mol. The molecule has 0 saturated carbocycles. The third-order valence-electron chi connectivity index (χ3n) is 8.41. The number of carbonyl (C=O) groups excluding carboxylic acids is 2. The average molecular weight is 620 g/mol. The van der Waals surface area contributed by atoms with Crippen LogP contribution in [0.25, 0.3) is 0 Å². The number of carbonyl (C=O) groups is 2. The van der Waals surface area contributed by atoms with Gasteiger partial charge >= 0.3 is 5.97 Å². The third-order valence-corrected chi connectivity index (χ3v) is 8.41. The SMILES string of the molecule is NC1C2OCC(O2)C(O)C1C(=O)C1O[C@@H](C(=O)OCc2ccccc2)C(O)C(OCc2ccccc2)C1OCc1ccccc1. The highest BCUT2D eigenvalue weighted by Crippen LogP contribution is 2.36. The van der Waals surface area contributed by atoms with Crippen LogP contribution in [0.1, 0.15) is 16.7 Å². The number of aliphatic hydroxyl groups is 2. The molecule has 0 aliphatic carbocycles. The van der Waals surface area contributed by atoms with Crippen LogP contribution >= 0.6 is 0 Å². The molecule has 0 aromatic heterocycles. The predicted octanol–water partition coefficient (Wildman–Crippen LogP) is 1.66. The van der Waals surface area contributed by atoms with E-state index in [2.05, 4.69) is 0 Å². The van der Waals surface area contributed by atoms with Gasteiger partial charge in [0.2, 0.25) is 0 Å². The lowest BCUT2D eigenvalue weighted by atomic mass is 9.80. The molecule has 11 nitrogen and oxygen atoms in total. The number of rotatable bonds is 11.